The van der Waals surface area contributed by atoms with Gasteiger partial charge in [0.15, 0.2) is 0 Å². The van der Waals surface area contributed by atoms with Crippen LogP contribution in [-0.4, -0.2) is 24.4 Å². The second-order valence-corrected chi connectivity index (χ2v) is 6.21. The highest BCUT2D eigenvalue weighted by Gasteiger charge is 2.35. The zero-order valence-electron chi connectivity index (χ0n) is 13.0. The molecule has 2 unspecified atom stereocenters. The predicted molar refractivity (Wildman–Crippen MR) is 91.7 cm³/mol. The second-order valence-electron chi connectivity index (χ2n) is 5.81. The van der Waals surface area contributed by atoms with Crippen LogP contribution in [0.3, 0.4) is 0 Å². The molecule has 3 rings (SSSR count). The molecule has 1 aliphatic rings. The van der Waals surface area contributed by atoms with Gasteiger partial charge in [0.1, 0.15) is 0 Å². The number of benzene rings is 2. The number of hydrogen-bond donors (Lipinski definition) is 2. The number of carbonyl (C=O) groups excluding carboxylic acids is 1. The lowest BCUT2D eigenvalue weighted by Gasteiger charge is -2.25. The molecule has 4 nitrogen and oxygen atoms in total. The Morgan fingerprint density at radius 2 is 1.87 bits per heavy atom. The summed E-state index contributed by atoms with van der Waals surface area (Å²) in [5.41, 5.74) is 8.39. The van der Waals surface area contributed by atoms with Crippen molar-refractivity contribution in [2.45, 2.75) is 12.6 Å². The molecule has 0 saturated carbocycles. The third kappa shape index (κ3) is 3.55. The molecule has 1 saturated heterocycles. The fraction of sp³-hybridized carbons (Fsp3) is 0.278. The lowest BCUT2D eigenvalue weighted by molar-refractivity contribution is -0.134. The van der Waals surface area contributed by atoms with Crippen LogP contribution >= 0.6 is 11.6 Å². The number of carbonyl (C=O) groups is 1. The van der Waals surface area contributed by atoms with E-state index in [1.54, 1.807) is 4.90 Å². The molecule has 0 spiro atoms. The Labute approximate surface area is 141 Å². The number of hydrogen-bond acceptors (Lipinski definition) is 3. The third-order valence-electron chi connectivity index (χ3n) is 4.20. The van der Waals surface area contributed by atoms with Crippen LogP contribution in [0.2, 0.25) is 5.02 Å². The van der Waals surface area contributed by atoms with Crippen LogP contribution in [0.4, 0.5) is 0 Å². The monoisotopic (exact) mass is 329 g/mol. The third-order valence-corrected chi connectivity index (χ3v) is 4.57. The minimum atomic E-state index is -0.134. The molecule has 2 atom stereocenters. The summed E-state index contributed by atoms with van der Waals surface area (Å²) in [6, 6.07) is 17.7. The van der Waals surface area contributed by atoms with Gasteiger partial charge in [-0.3, -0.25) is 10.2 Å². The maximum absolute atomic E-state index is 12.8. The Balaban J connectivity index is 1.73. The number of rotatable bonds is 4. The number of halogens is 1. The average molecular weight is 330 g/mol. The Hall–Kier alpha value is -1.88. The lowest BCUT2D eigenvalue weighted by atomic mass is 9.93. The summed E-state index contributed by atoms with van der Waals surface area (Å²) in [5.74, 6) is -0.0267. The molecule has 5 heteroatoms. The summed E-state index contributed by atoms with van der Waals surface area (Å²) in [6.07, 6.45) is 0. The molecule has 120 valence electrons. The van der Waals surface area contributed by atoms with Gasteiger partial charge in [-0.05, 0) is 17.2 Å². The zero-order chi connectivity index (χ0) is 16.2. The van der Waals surface area contributed by atoms with Gasteiger partial charge in [0.05, 0.1) is 12.0 Å². The van der Waals surface area contributed by atoms with Crippen LogP contribution in [0.25, 0.3) is 0 Å². The van der Waals surface area contributed by atoms with E-state index in [0.717, 1.165) is 11.1 Å². The highest BCUT2D eigenvalue weighted by atomic mass is 35.5. The van der Waals surface area contributed by atoms with Gasteiger partial charge >= 0.3 is 0 Å². The molecule has 0 radical (unpaired) electrons. The summed E-state index contributed by atoms with van der Waals surface area (Å²) in [4.78, 5) is 14.6. The van der Waals surface area contributed by atoms with Crippen molar-refractivity contribution in [3.8, 4) is 0 Å². The van der Waals surface area contributed by atoms with Gasteiger partial charge in [0, 0.05) is 25.2 Å². The van der Waals surface area contributed by atoms with E-state index < -0.39 is 0 Å². The summed E-state index contributed by atoms with van der Waals surface area (Å²) >= 11 is 6.19. The minimum absolute atomic E-state index is 0.0163. The first-order valence-electron chi connectivity index (χ1n) is 7.68. The standard InChI is InChI=1S/C18H20ClN3O/c1-22(12-14-9-5-6-10-16(14)19)18(23)15-11-20-21-17(15)13-7-3-2-4-8-13/h2-10,15,17,20-21H,11-12H2,1H3. The topological polar surface area (TPSA) is 44.4 Å². The molecular formula is C18H20ClN3O. The van der Waals surface area contributed by atoms with Crippen LogP contribution < -0.4 is 10.9 Å². The molecule has 2 N–H and O–H groups in total. The Morgan fingerprint density at radius 3 is 2.61 bits per heavy atom. The average Bonchev–Trinajstić information content (AvgIpc) is 3.06. The van der Waals surface area contributed by atoms with E-state index in [9.17, 15) is 4.79 Å². The number of amides is 1. The summed E-state index contributed by atoms with van der Waals surface area (Å²) in [7, 11) is 1.83. The molecule has 1 aliphatic heterocycles. The molecule has 2 aromatic carbocycles. The van der Waals surface area contributed by atoms with Gasteiger partial charge in [-0.2, -0.15) is 0 Å². The van der Waals surface area contributed by atoms with Gasteiger partial charge in [-0.25, -0.2) is 5.43 Å². The highest BCUT2D eigenvalue weighted by Crippen LogP contribution is 2.27. The van der Waals surface area contributed by atoms with Crippen LogP contribution in [0.1, 0.15) is 17.2 Å². The largest absolute Gasteiger partial charge is 0.341 e. The molecule has 23 heavy (non-hydrogen) atoms. The summed E-state index contributed by atoms with van der Waals surface area (Å²) < 4.78 is 0. The number of nitrogens with zero attached hydrogens (tertiary/aromatic N) is 1. The molecule has 1 heterocycles. The van der Waals surface area contributed by atoms with E-state index in [1.165, 1.54) is 0 Å². The van der Waals surface area contributed by atoms with E-state index in [-0.39, 0.29) is 17.9 Å². The lowest BCUT2D eigenvalue weighted by Crippen LogP contribution is -2.36. The first-order valence-corrected chi connectivity index (χ1v) is 8.06. The van der Waals surface area contributed by atoms with Crippen molar-refractivity contribution < 1.29 is 4.79 Å². The molecular weight excluding hydrogens is 310 g/mol. The molecule has 1 amide bonds. The molecule has 0 aromatic heterocycles. The molecule has 0 aliphatic carbocycles. The first-order chi connectivity index (χ1) is 11.2. The van der Waals surface area contributed by atoms with Crippen LogP contribution in [0.15, 0.2) is 54.6 Å². The van der Waals surface area contributed by atoms with Crippen molar-refractivity contribution in [1.82, 2.24) is 15.8 Å². The normalized spacial score (nSPS) is 20.4. The molecule has 1 fully saturated rings. The highest BCUT2D eigenvalue weighted by molar-refractivity contribution is 6.31. The Bertz CT molecular complexity index is 677. The molecule has 0 bridgehead atoms. The fourth-order valence-corrected chi connectivity index (χ4v) is 3.14. The first kappa shape index (κ1) is 16.0. The van der Waals surface area contributed by atoms with E-state index in [2.05, 4.69) is 10.9 Å². The SMILES string of the molecule is CN(Cc1ccccc1Cl)C(=O)C1CNNC1c1ccccc1. The van der Waals surface area contributed by atoms with Crippen molar-refractivity contribution in [3.05, 3.63) is 70.7 Å². The Morgan fingerprint density at radius 1 is 1.17 bits per heavy atom. The van der Waals surface area contributed by atoms with Crippen molar-refractivity contribution in [2.75, 3.05) is 13.6 Å². The van der Waals surface area contributed by atoms with Gasteiger partial charge < -0.3 is 4.90 Å². The maximum atomic E-state index is 12.8. The van der Waals surface area contributed by atoms with Crippen molar-refractivity contribution in [2.24, 2.45) is 5.92 Å². The van der Waals surface area contributed by atoms with Crippen LogP contribution in [-0.2, 0) is 11.3 Å². The van der Waals surface area contributed by atoms with Crippen molar-refractivity contribution in [1.29, 1.82) is 0 Å². The van der Waals surface area contributed by atoms with Gasteiger partial charge in [-0.15, -0.1) is 0 Å². The minimum Gasteiger partial charge on any atom is -0.341 e. The van der Waals surface area contributed by atoms with Crippen LogP contribution in [0.5, 0.6) is 0 Å². The number of nitrogens with one attached hydrogen (secondary N) is 2. The van der Waals surface area contributed by atoms with E-state index in [0.29, 0.717) is 18.1 Å². The van der Waals surface area contributed by atoms with Gasteiger partial charge in [0.2, 0.25) is 5.91 Å². The summed E-state index contributed by atoms with van der Waals surface area (Å²) in [6.45, 7) is 1.13. The second kappa shape index (κ2) is 7.13. The quantitative estimate of drug-likeness (QED) is 0.906. The van der Waals surface area contributed by atoms with Crippen LogP contribution in [0, 0.1) is 5.92 Å². The predicted octanol–water partition coefficient (Wildman–Crippen LogP) is 2.76. The number of hydrazine groups is 1. The smallest absolute Gasteiger partial charge is 0.229 e. The van der Waals surface area contributed by atoms with Gasteiger partial charge in [-0.1, -0.05) is 60.1 Å². The van der Waals surface area contributed by atoms with Gasteiger partial charge in [0.25, 0.3) is 0 Å². The van der Waals surface area contributed by atoms with E-state index >= 15 is 0 Å². The van der Waals surface area contributed by atoms with E-state index in [4.69, 9.17) is 11.6 Å². The summed E-state index contributed by atoms with van der Waals surface area (Å²) in [5, 5.41) is 0.689. The Kier molecular flexibility index (Phi) is 4.96. The van der Waals surface area contributed by atoms with Crippen molar-refractivity contribution >= 4 is 17.5 Å². The fourth-order valence-electron chi connectivity index (χ4n) is 2.95. The van der Waals surface area contributed by atoms with Crippen molar-refractivity contribution in [3.63, 3.8) is 0 Å². The molecule has 2 aromatic rings. The van der Waals surface area contributed by atoms with E-state index in [1.807, 2.05) is 61.6 Å². The maximum Gasteiger partial charge on any atom is 0.229 e. The zero-order valence-corrected chi connectivity index (χ0v) is 13.8.